The average Bonchev–Trinajstić information content (AvgIpc) is 2.68. The van der Waals surface area contributed by atoms with Gasteiger partial charge in [-0.05, 0) is 43.3 Å². The summed E-state index contributed by atoms with van der Waals surface area (Å²) in [5, 5.41) is 0. The molecule has 0 saturated carbocycles. The van der Waals surface area contributed by atoms with Gasteiger partial charge in [0.25, 0.3) is 5.91 Å². The fourth-order valence-electron chi connectivity index (χ4n) is 3.14. The molecule has 5 heteroatoms. The Kier molecular flexibility index (Phi) is 5.68. The summed E-state index contributed by atoms with van der Waals surface area (Å²) in [6.07, 6.45) is 0. The molecule has 1 aliphatic rings. The van der Waals surface area contributed by atoms with Crippen LogP contribution in [0.4, 0.5) is 0 Å². The summed E-state index contributed by atoms with van der Waals surface area (Å²) in [6, 6.07) is 14.8. The summed E-state index contributed by atoms with van der Waals surface area (Å²) in [5.41, 5.74) is 2.50. The van der Waals surface area contributed by atoms with Crippen LogP contribution in [0.25, 0.3) is 0 Å². The van der Waals surface area contributed by atoms with E-state index in [0.717, 1.165) is 16.9 Å². The molecule has 2 aromatic carbocycles. The molecule has 0 aliphatic carbocycles. The summed E-state index contributed by atoms with van der Waals surface area (Å²) >= 11 is 0. The molecule has 1 saturated heterocycles. The molecule has 0 N–H and O–H groups in total. The van der Waals surface area contributed by atoms with E-state index in [9.17, 15) is 9.59 Å². The van der Waals surface area contributed by atoms with Gasteiger partial charge in [-0.3, -0.25) is 14.5 Å². The van der Waals surface area contributed by atoms with Crippen LogP contribution < -0.4 is 4.74 Å². The molecule has 0 radical (unpaired) electrons. The Morgan fingerprint density at radius 1 is 0.962 bits per heavy atom. The molecule has 3 rings (SSSR count). The zero-order chi connectivity index (χ0) is 18.5. The fourth-order valence-corrected chi connectivity index (χ4v) is 3.14. The lowest BCUT2D eigenvalue weighted by Gasteiger charge is -2.34. The molecule has 26 heavy (non-hydrogen) atoms. The Balaban J connectivity index is 1.53. The molecular weight excluding hydrogens is 328 g/mol. The van der Waals surface area contributed by atoms with Crippen molar-refractivity contribution in [2.24, 2.45) is 0 Å². The monoisotopic (exact) mass is 352 g/mol. The van der Waals surface area contributed by atoms with Crippen LogP contribution in [0.5, 0.6) is 5.75 Å². The second kappa shape index (κ2) is 8.15. The molecule has 1 heterocycles. The zero-order valence-electron chi connectivity index (χ0n) is 15.3. The van der Waals surface area contributed by atoms with E-state index in [4.69, 9.17) is 4.74 Å². The Morgan fingerprint density at radius 2 is 1.65 bits per heavy atom. The smallest absolute Gasteiger partial charge is 0.253 e. The normalized spacial score (nSPS) is 14.9. The lowest BCUT2D eigenvalue weighted by Crippen LogP contribution is -2.49. The number of methoxy groups -OCH3 is 1. The van der Waals surface area contributed by atoms with Crippen molar-refractivity contribution < 1.29 is 14.3 Å². The first-order chi connectivity index (χ1) is 12.6. The van der Waals surface area contributed by atoms with Gasteiger partial charge in [-0.2, -0.15) is 0 Å². The van der Waals surface area contributed by atoms with Crippen molar-refractivity contribution >= 4 is 11.7 Å². The Hall–Kier alpha value is -2.66. The molecule has 1 amide bonds. The molecule has 2 aromatic rings. The maximum Gasteiger partial charge on any atom is 0.253 e. The van der Waals surface area contributed by atoms with E-state index >= 15 is 0 Å². The van der Waals surface area contributed by atoms with Crippen LogP contribution in [-0.4, -0.2) is 61.3 Å². The average molecular weight is 352 g/mol. The van der Waals surface area contributed by atoms with Gasteiger partial charge in [-0.1, -0.05) is 17.7 Å². The van der Waals surface area contributed by atoms with Crippen LogP contribution >= 0.6 is 0 Å². The van der Waals surface area contributed by atoms with E-state index in [1.807, 2.05) is 36.1 Å². The molecule has 1 fully saturated rings. The van der Waals surface area contributed by atoms with Crippen molar-refractivity contribution in [3.05, 3.63) is 65.2 Å². The van der Waals surface area contributed by atoms with E-state index in [0.29, 0.717) is 38.3 Å². The van der Waals surface area contributed by atoms with E-state index in [-0.39, 0.29) is 11.7 Å². The molecule has 136 valence electrons. The zero-order valence-corrected chi connectivity index (χ0v) is 15.3. The topological polar surface area (TPSA) is 49.9 Å². The number of aryl methyl sites for hydroxylation is 1. The predicted octanol–water partition coefficient (Wildman–Crippen LogP) is 2.64. The Labute approximate surface area is 154 Å². The highest BCUT2D eigenvalue weighted by Gasteiger charge is 2.23. The first kappa shape index (κ1) is 18.1. The van der Waals surface area contributed by atoms with Crippen molar-refractivity contribution in [1.82, 2.24) is 9.80 Å². The molecule has 0 spiro atoms. The fraction of sp³-hybridized carbons (Fsp3) is 0.333. The number of rotatable bonds is 5. The van der Waals surface area contributed by atoms with Crippen LogP contribution in [0.1, 0.15) is 26.3 Å². The van der Waals surface area contributed by atoms with E-state index in [1.165, 1.54) is 0 Å². The van der Waals surface area contributed by atoms with Gasteiger partial charge >= 0.3 is 0 Å². The second-order valence-corrected chi connectivity index (χ2v) is 6.59. The van der Waals surface area contributed by atoms with Gasteiger partial charge in [-0.15, -0.1) is 0 Å². The summed E-state index contributed by atoms with van der Waals surface area (Å²) < 4.78 is 5.12. The number of benzene rings is 2. The maximum atomic E-state index is 12.6. The van der Waals surface area contributed by atoms with Gasteiger partial charge in [0, 0.05) is 37.3 Å². The third-order valence-electron chi connectivity index (χ3n) is 4.70. The van der Waals surface area contributed by atoms with Crippen molar-refractivity contribution in [3.8, 4) is 5.75 Å². The number of Topliss-reactive ketones (excluding diaryl/α,β-unsaturated/α-hetero) is 1. The largest absolute Gasteiger partial charge is 0.497 e. The third kappa shape index (κ3) is 4.29. The Morgan fingerprint density at radius 3 is 2.27 bits per heavy atom. The predicted molar refractivity (Wildman–Crippen MR) is 101 cm³/mol. The van der Waals surface area contributed by atoms with E-state index in [1.54, 1.807) is 31.4 Å². The molecule has 0 bridgehead atoms. The number of carbonyl (C=O) groups excluding carboxylic acids is 2. The number of ether oxygens (including phenoxy) is 1. The molecule has 5 nitrogen and oxygen atoms in total. The van der Waals surface area contributed by atoms with Crippen LogP contribution in [0.2, 0.25) is 0 Å². The first-order valence-electron chi connectivity index (χ1n) is 8.82. The number of amides is 1. The highest BCUT2D eigenvalue weighted by atomic mass is 16.5. The number of carbonyl (C=O) groups is 2. The second-order valence-electron chi connectivity index (χ2n) is 6.59. The molecule has 0 atom stereocenters. The third-order valence-corrected chi connectivity index (χ3v) is 4.70. The Bertz CT molecular complexity index is 778. The number of piperazine rings is 1. The molecule has 1 aliphatic heterocycles. The molecular formula is C21H24N2O3. The van der Waals surface area contributed by atoms with Gasteiger partial charge in [-0.25, -0.2) is 0 Å². The van der Waals surface area contributed by atoms with Gasteiger partial charge in [0.05, 0.1) is 13.7 Å². The number of hydrogen-bond donors (Lipinski definition) is 0. The minimum atomic E-state index is 0.0647. The quantitative estimate of drug-likeness (QED) is 0.777. The minimum Gasteiger partial charge on any atom is -0.497 e. The summed E-state index contributed by atoms with van der Waals surface area (Å²) in [5.74, 6) is 0.894. The lowest BCUT2D eigenvalue weighted by atomic mass is 10.1. The number of ketones is 1. The summed E-state index contributed by atoms with van der Waals surface area (Å²) in [7, 11) is 1.61. The molecule has 0 unspecified atom stereocenters. The van der Waals surface area contributed by atoms with Crippen LogP contribution in [0.15, 0.2) is 48.5 Å². The number of hydrogen-bond acceptors (Lipinski definition) is 4. The highest BCUT2D eigenvalue weighted by Crippen LogP contribution is 2.14. The van der Waals surface area contributed by atoms with Crippen molar-refractivity contribution in [2.75, 3.05) is 39.8 Å². The summed E-state index contributed by atoms with van der Waals surface area (Å²) in [4.78, 5) is 29.0. The number of nitrogens with zero attached hydrogens (tertiary/aromatic N) is 2. The minimum absolute atomic E-state index is 0.0647. The molecule has 0 aromatic heterocycles. The first-order valence-corrected chi connectivity index (χ1v) is 8.82. The van der Waals surface area contributed by atoms with Crippen LogP contribution in [0.3, 0.4) is 0 Å². The van der Waals surface area contributed by atoms with Crippen molar-refractivity contribution in [2.45, 2.75) is 6.92 Å². The standard InChI is InChI=1S/C21H24N2O3/c1-16-4-3-5-18(14-16)21(25)23-12-10-22(11-13-23)15-20(24)17-6-8-19(26-2)9-7-17/h3-9,14H,10-13,15H2,1-2H3. The van der Waals surface area contributed by atoms with Gasteiger partial charge < -0.3 is 9.64 Å². The van der Waals surface area contributed by atoms with Crippen LogP contribution in [0, 0.1) is 6.92 Å². The maximum absolute atomic E-state index is 12.6. The van der Waals surface area contributed by atoms with Gasteiger partial charge in [0.2, 0.25) is 0 Å². The van der Waals surface area contributed by atoms with E-state index in [2.05, 4.69) is 4.90 Å². The van der Waals surface area contributed by atoms with Crippen molar-refractivity contribution in [1.29, 1.82) is 0 Å². The van der Waals surface area contributed by atoms with E-state index < -0.39 is 0 Å². The van der Waals surface area contributed by atoms with Crippen molar-refractivity contribution in [3.63, 3.8) is 0 Å². The lowest BCUT2D eigenvalue weighted by molar-refractivity contribution is 0.0624. The van der Waals surface area contributed by atoms with Gasteiger partial charge in [0.15, 0.2) is 5.78 Å². The van der Waals surface area contributed by atoms with Gasteiger partial charge in [0.1, 0.15) is 5.75 Å². The SMILES string of the molecule is COc1ccc(C(=O)CN2CCN(C(=O)c3cccc(C)c3)CC2)cc1. The summed E-state index contributed by atoms with van der Waals surface area (Å²) in [6.45, 7) is 5.06. The van der Waals surface area contributed by atoms with Crippen LogP contribution in [-0.2, 0) is 0 Å². The highest BCUT2D eigenvalue weighted by molar-refractivity contribution is 5.97.